The van der Waals surface area contributed by atoms with E-state index in [0.29, 0.717) is 13.0 Å². The molecular formula is C22H30N4O2. The molecule has 0 atom stereocenters. The van der Waals surface area contributed by atoms with E-state index < -0.39 is 0 Å². The van der Waals surface area contributed by atoms with Crippen molar-refractivity contribution < 1.29 is 9.53 Å². The van der Waals surface area contributed by atoms with Crippen LogP contribution < -0.4 is 15.4 Å². The summed E-state index contributed by atoms with van der Waals surface area (Å²) in [7, 11) is 5.44. The molecule has 2 aromatic carbocycles. The van der Waals surface area contributed by atoms with Crippen LogP contribution in [0, 0.1) is 0 Å². The second-order valence-electron chi connectivity index (χ2n) is 6.60. The summed E-state index contributed by atoms with van der Waals surface area (Å²) in [5, 5.41) is 6.30. The first-order valence-electron chi connectivity index (χ1n) is 9.49. The summed E-state index contributed by atoms with van der Waals surface area (Å²) in [6.07, 6.45) is 1.37. The van der Waals surface area contributed by atoms with Gasteiger partial charge in [0.05, 0.1) is 7.11 Å². The van der Waals surface area contributed by atoms with Crippen molar-refractivity contribution in [2.75, 3.05) is 26.5 Å². The van der Waals surface area contributed by atoms with Gasteiger partial charge < -0.3 is 20.3 Å². The number of guanidine groups is 1. The van der Waals surface area contributed by atoms with Crippen LogP contribution in [0.2, 0.25) is 0 Å². The summed E-state index contributed by atoms with van der Waals surface area (Å²) in [5.74, 6) is 1.69. The fraction of sp³-hybridized carbons (Fsp3) is 0.364. The Morgan fingerprint density at radius 1 is 1.14 bits per heavy atom. The summed E-state index contributed by atoms with van der Waals surface area (Å²) >= 11 is 0. The highest BCUT2D eigenvalue weighted by atomic mass is 16.5. The van der Waals surface area contributed by atoms with E-state index in [9.17, 15) is 4.79 Å². The van der Waals surface area contributed by atoms with Crippen molar-refractivity contribution in [3.05, 3.63) is 59.7 Å². The third kappa shape index (κ3) is 6.61. The molecule has 0 radical (unpaired) electrons. The lowest BCUT2D eigenvalue weighted by Crippen LogP contribution is -2.38. The van der Waals surface area contributed by atoms with E-state index >= 15 is 0 Å². The van der Waals surface area contributed by atoms with E-state index in [1.807, 2.05) is 62.5 Å². The minimum Gasteiger partial charge on any atom is -0.497 e. The van der Waals surface area contributed by atoms with Crippen LogP contribution in [-0.2, 0) is 17.9 Å². The van der Waals surface area contributed by atoms with Crippen molar-refractivity contribution in [2.24, 2.45) is 4.99 Å². The van der Waals surface area contributed by atoms with Gasteiger partial charge in [0.2, 0.25) is 5.91 Å². The van der Waals surface area contributed by atoms with Crippen molar-refractivity contribution in [3.63, 3.8) is 0 Å². The molecule has 0 fully saturated rings. The zero-order valence-electron chi connectivity index (χ0n) is 17.2. The fourth-order valence-corrected chi connectivity index (χ4v) is 2.86. The summed E-state index contributed by atoms with van der Waals surface area (Å²) in [5.41, 5.74) is 3.07. The zero-order valence-corrected chi connectivity index (χ0v) is 17.2. The number of rotatable bonds is 8. The van der Waals surface area contributed by atoms with E-state index in [1.54, 1.807) is 14.2 Å². The molecule has 0 saturated carbocycles. The van der Waals surface area contributed by atoms with Crippen molar-refractivity contribution in [1.29, 1.82) is 0 Å². The fourth-order valence-electron chi connectivity index (χ4n) is 2.86. The van der Waals surface area contributed by atoms with Gasteiger partial charge in [-0.3, -0.25) is 9.79 Å². The Morgan fingerprint density at radius 2 is 1.89 bits per heavy atom. The molecule has 28 heavy (non-hydrogen) atoms. The topological polar surface area (TPSA) is 66.0 Å². The SMILES string of the molecule is CCCC(=O)Nc1cccc(CNC(=NC)N(C)Cc2ccc(OC)cc2)c1. The second-order valence-corrected chi connectivity index (χ2v) is 6.60. The molecule has 1 amide bonds. The Balaban J connectivity index is 1.92. The third-order valence-electron chi connectivity index (χ3n) is 4.29. The van der Waals surface area contributed by atoms with Crippen molar-refractivity contribution >= 4 is 17.6 Å². The highest BCUT2D eigenvalue weighted by molar-refractivity contribution is 5.90. The van der Waals surface area contributed by atoms with Gasteiger partial charge in [-0.1, -0.05) is 31.2 Å². The molecule has 0 spiro atoms. The molecule has 0 heterocycles. The standard InChI is InChI=1S/C22H30N4O2/c1-5-7-21(27)25-19-9-6-8-18(14-19)15-24-22(23-2)26(3)16-17-10-12-20(28-4)13-11-17/h6,8-14H,5,7,15-16H2,1-4H3,(H,23,24)(H,25,27). The van der Waals surface area contributed by atoms with Crippen molar-refractivity contribution in [1.82, 2.24) is 10.2 Å². The van der Waals surface area contributed by atoms with Crippen molar-refractivity contribution in [3.8, 4) is 5.75 Å². The molecule has 6 heteroatoms. The van der Waals surface area contributed by atoms with Crippen LogP contribution in [0.15, 0.2) is 53.5 Å². The van der Waals surface area contributed by atoms with E-state index in [2.05, 4.69) is 20.5 Å². The molecule has 2 rings (SSSR count). The molecule has 2 N–H and O–H groups in total. The van der Waals surface area contributed by atoms with E-state index in [-0.39, 0.29) is 5.91 Å². The summed E-state index contributed by atoms with van der Waals surface area (Å²) < 4.78 is 5.20. The lowest BCUT2D eigenvalue weighted by molar-refractivity contribution is -0.116. The number of hydrogen-bond donors (Lipinski definition) is 2. The quantitative estimate of drug-likeness (QED) is 0.540. The van der Waals surface area contributed by atoms with E-state index in [0.717, 1.165) is 35.9 Å². The minimum absolute atomic E-state index is 0.0441. The third-order valence-corrected chi connectivity index (χ3v) is 4.29. The average Bonchev–Trinajstić information content (AvgIpc) is 2.69. The van der Waals surface area contributed by atoms with Gasteiger partial charge >= 0.3 is 0 Å². The Bertz CT molecular complexity index is 787. The average molecular weight is 383 g/mol. The molecule has 0 aliphatic heterocycles. The molecule has 0 aliphatic rings. The lowest BCUT2D eigenvalue weighted by atomic mass is 10.2. The van der Waals surface area contributed by atoms with Crippen LogP contribution in [0.3, 0.4) is 0 Å². The number of anilines is 1. The maximum absolute atomic E-state index is 11.8. The number of aliphatic imine (C=N–C) groups is 1. The van der Waals surface area contributed by atoms with Gasteiger partial charge in [-0.15, -0.1) is 0 Å². The van der Waals surface area contributed by atoms with E-state index in [1.165, 1.54) is 5.56 Å². The van der Waals surface area contributed by atoms with Crippen LogP contribution >= 0.6 is 0 Å². The van der Waals surface area contributed by atoms with Gasteiger partial charge in [0.1, 0.15) is 5.75 Å². The Hall–Kier alpha value is -3.02. The maximum Gasteiger partial charge on any atom is 0.224 e. The molecular weight excluding hydrogens is 352 g/mol. The first kappa shape index (κ1) is 21.3. The maximum atomic E-state index is 11.8. The number of nitrogens with one attached hydrogen (secondary N) is 2. The number of carbonyl (C=O) groups is 1. The van der Waals surface area contributed by atoms with Gasteiger partial charge in [-0.2, -0.15) is 0 Å². The normalized spacial score (nSPS) is 11.1. The monoisotopic (exact) mass is 382 g/mol. The zero-order chi connectivity index (χ0) is 20.4. The molecule has 0 unspecified atom stereocenters. The summed E-state index contributed by atoms with van der Waals surface area (Å²) in [4.78, 5) is 18.2. The van der Waals surface area contributed by atoms with E-state index in [4.69, 9.17) is 4.74 Å². The minimum atomic E-state index is 0.0441. The number of amides is 1. The lowest BCUT2D eigenvalue weighted by Gasteiger charge is -2.22. The number of methoxy groups -OCH3 is 1. The van der Waals surface area contributed by atoms with Gasteiger partial charge in [0.15, 0.2) is 5.96 Å². The smallest absolute Gasteiger partial charge is 0.224 e. The Morgan fingerprint density at radius 3 is 2.54 bits per heavy atom. The second kappa shape index (κ2) is 11.0. The molecule has 0 bridgehead atoms. The number of ether oxygens (including phenoxy) is 1. The Kier molecular flexibility index (Phi) is 8.34. The van der Waals surface area contributed by atoms with Crippen LogP contribution in [0.25, 0.3) is 0 Å². The molecule has 0 aliphatic carbocycles. The van der Waals surface area contributed by atoms with Crippen LogP contribution in [0.1, 0.15) is 30.9 Å². The molecule has 150 valence electrons. The van der Waals surface area contributed by atoms with Crippen LogP contribution in [0.4, 0.5) is 5.69 Å². The first-order valence-corrected chi connectivity index (χ1v) is 9.49. The summed E-state index contributed by atoms with van der Waals surface area (Å²) in [6.45, 7) is 3.35. The number of nitrogens with zero attached hydrogens (tertiary/aromatic N) is 2. The largest absolute Gasteiger partial charge is 0.497 e. The predicted octanol–water partition coefficient (Wildman–Crippen LogP) is 3.64. The van der Waals surface area contributed by atoms with Gasteiger partial charge in [0, 0.05) is 39.3 Å². The molecule has 2 aromatic rings. The van der Waals surface area contributed by atoms with Crippen LogP contribution in [0.5, 0.6) is 5.75 Å². The first-order chi connectivity index (χ1) is 13.5. The number of hydrogen-bond acceptors (Lipinski definition) is 3. The van der Waals surface area contributed by atoms with Gasteiger partial charge in [-0.25, -0.2) is 0 Å². The van der Waals surface area contributed by atoms with Gasteiger partial charge in [-0.05, 0) is 41.8 Å². The van der Waals surface area contributed by atoms with Gasteiger partial charge in [0.25, 0.3) is 0 Å². The molecule has 0 saturated heterocycles. The molecule has 0 aromatic heterocycles. The van der Waals surface area contributed by atoms with Crippen LogP contribution in [-0.4, -0.2) is 38.0 Å². The number of carbonyl (C=O) groups excluding carboxylic acids is 1. The highest BCUT2D eigenvalue weighted by Crippen LogP contribution is 2.13. The highest BCUT2D eigenvalue weighted by Gasteiger charge is 2.08. The molecule has 6 nitrogen and oxygen atoms in total. The number of benzene rings is 2. The Labute approximate surface area is 167 Å². The van der Waals surface area contributed by atoms with Crippen molar-refractivity contribution in [2.45, 2.75) is 32.9 Å². The predicted molar refractivity (Wildman–Crippen MR) is 115 cm³/mol. The summed E-state index contributed by atoms with van der Waals surface area (Å²) in [6, 6.07) is 15.9.